The van der Waals surface area contributed by atoms with E-state index in [1.54, 1.807) is 0 Å². The van der Waals surface area contributed by atoms with Crippen LogP contribution < -0.4 is 5.32 Å². The third kappa shape index (κ3) is 2.48. The molecule has 0 aromatic heterocycles. The Kier molecular flexibility index (Phi) is 3.56. The van der Waals surface area contributed by atoms with Gasteiger partial charge in [-0.2, -0.15) is 0 Å². The maximum Gasteiger partial charge on any atom is 0.226 e. The molecule has 0 aromatic rings. The summed E-state index contributed by atoms with van der Waals surface area (Å²) < 4.78 is 0. The molecule has 20 heavy (non-hydrogen) atoms. The molecule has 2 nitrogen and oxygen atoms in total. The average molecular weight is 273 g/mol. The highest BCUT2D eigenvalue weighted by atomic mass is 16.2. The number of amides is 1. The number of rotatable bonds is 5. The summed E-state index contributed by atoms with van der Waals surface area (Å²) in [4.78, 5) is 12.7. The van der Waals surface area contributed by atoms with Crippen molar-refractivity contribution in [3.63, 3.8) is 0 Å². The molecule has 2 atom stereocenters. The van der Waals surface area contributed by atoms with Crippen LogP contribution in [0.15, 0.2) is 0 Å². The normalized spacial score (nSPS) is 41.4. The van der Waals surface area contributed by atoms with Gasteiger partial charge in [0, 0.05) is 13.0 Å². The Morgan fingerprint density at radius 3 is 2.55 bits per heavy atom. The summed E-state index contributed by atoms with van der Waals surface area (Å²) in [5.74, 6) is 4.63. The van der Waals surface area contributed by atoms with Crippen LogP contribution in [0.1, 0.15) is 64.7 Å². The molecule has 0 aliphatic heterocycles. The first kappa shape index (κ1) is 14.0. The van der Waals surface area contributed by atoms with Crippen molar-refractivity contribution in [1.29, 1.82) is 0 Å². The van der Waals surface area contributed by atoms with Crippen molar-refractivity contribution in [3.8, 4) is 12.3 Å². The summed E-state index contributed by atoms with van der Waals surface area (Å²) in [6.45, 7) is 3.22. The van der Waals surface area contributed by atoms with Gasteiger partial charge in [0.05, 0.1) is 5.41 Å². The second-order valence-corrected chi connectivity index (χ2v) is 7.97. The number of nitrogens with one attached hydrogen (secondary N) is 1. The van der Waals surface area contributed by atoms with Gasteiger partial charge < -0.3 is 5.32 Å². The molecule has 4 fully saturated rings. The molecule has 0 spiro atoms. The van der Waals surface area contributed by atoms with Crippen LogP contribution in [0.2, 0.25) is 0 Å². The minimum absolute atomic E-state index is 0.0229. The smallest absolute Gasteiger partial charge is 0.226 e. The summed E-state index contributed by atoms with van der Waals surface area (Å²) in [5, 5.41) is 3.21. The van der Waals surface area contributed by atoms with Crippen LogP contribution in [-0.2, 0) is 4.79 Å². The predicted octanol–water partition coefficient (Wildman–Crippen LogP) is 3.51. The molecule has 2 heteroatoms. The largest absolute Gasteiger partial charge is 0.356 e. The van der Waals surface area contributed by atoms with Crippen molar-refractivity contribution < 1.29 is 4.79 Å². The Bertz CT molecular complexity index is 419. The monoisotopic (exact) mass is 273 g/mol. The van der Waals surface area contributed by atoms with Crippen molar-refractivity contribution in [2.75, 3.05) is 6.54 Å². The Morgan fingerprint density at radius 2 is 1.95 bits per heavy atom. The first-order chi connectivity index (χ1) is 9.55. The van der Waals surface area contributed by atoms with E-state index in [-0.39, 0.29) is 5.41 Å². The number of carbonyl (C=O) groups is 1. The maximum absolute atomic E-state index is 12.7. The lowest BCUT2D eigenvalue weighted by Gasteiger charge is -2.60. The topological polar surface area (TPSA) is 29.1 Å². The lowest BCUT2D eigenvalue weighted by molar-refractivity contribution is -0.155. The zero-order valence-electron chi connectivity index (χ0n) is 12.7. The fourth-order valence-electron chi connectivity index (χ4n) is 5.73. The van der Waals surface area contributed by atoms with Crippen molar-refractivity contribution in [2.45, 2.75) is 64.7 Å². The van der Waals surface area contributed by atoms with E-state index in [1.165, 1.54) is 19.3 Å². The standard InChI is InChI=1S/C18H27NO/c1-3-4-5-6-7-19-16(20)18-11-14-8-15(12-18)10-17(2,9-14)13-18/h1,14-15H,4-13H2,2H3,(H,19,20). The highest BCUT2D eigenvalue weighted by Gasteiger charge is 2.58. The first-order valence-electron chi connectivity index (χ1n) is 8.27. The third-order valence-electron chi connectivity index (χ3n) is 5.87. The quantitative estimate of drug-likeness (QED) is 0.603. The summed E-state index contributed by atoms with van der Waals surface area (Å²) in [7, 11) is 0. The SMILES string of the molecule is C#CCCCCNC(=O)C12CC3CC(CC(C)(C3)C1)C2. The predicted molar refractivity (Wildman–Crippen MR) is 80.9 cm³/mol. The average Bonchev–Trinajstić information content (AvgIpc) is 2.35. The molecule has 0 aromatic carbocycles. The second-order valence-electron chi connectivity index (χ2n) is 7.97. The lowest BCUT2D eigenvalue weighted by Crippen LogP contribution is -2.56. The van der Waals surface area contributed by atoms with E-state index < -0.39 is 0 Å². The fourth-order valence-corrected chi connectivity index (χ4v) is 5.73. The van der Waals surface area contributed by atoms with Gasteiger partial charge in [0.1, 0.15) is 0 Å². The van der Waals surface area contributed by atoms with Gasteiger partial charge in [-0.1, -0.05) is 6.92 Å². The molecule has 0 radical (unpaired) electrons. The molecule has 110 valence electrons. The highest BCUT2D eigenvalue weighted by molar-refractivity contribution is 5.83. The van der Waals surface area contributed by atoms with Crippen LogP contribution in [0.4, 0.5) is 0 Å². The van der Waals surface area contributed by atoms with Crippen molar-refractivity contribution in [1.82, 2.24) is 5.32 Å². The maximum atomic E-state index is 12.7. The Balaban J connectivity index is 1.59. The van der Waals surface area contributed by atoms with Crippen LogP contribution >= 0.6 is 0 Å². The molecule has 0 heterocycles. The van der Waals surface area contributed by atoms with E-state index >= 15 is 0 Å². The summed E-state index contributed by atoms with van der Waals surface area (Å²) in [6.07, 6.45) is 15.6. The number of terminal acetylenes is 1. The summed E-state index contributed by atoms with van der Waals surface area (Å²) in [5.41, 5.74) is 0.426. The number of hydrogen-bond acceptors (Lipinski definition) is 1. The molecule has 4 bridgehead atoms. The summed E-state index contributed by atoms with van der Waals surface area (Å²) in [6, 6.07) is 0. The van der Waals surface area contributed by atoms with Crippen molar-refractivity contribution in [3.05, 3.63) is 0 Å². The van der Waals surface area contributed by atoms with Gasteiger partial charge in [0.15, 0.2) is 0 Å². The molecule has 1 amide bonds. The van der Waals surface area contributed by atoms with E-state index in [4.69, 9.17) is 6.42 Å². The molecular formula is C18H27NO. The molecule has 4 rings (SSSR count). The van der Waals surface area contributed by atoms with E-state index in [9.17, 15) is 4.79 Å². The van der Waals surface area contributed by atoms with Crippen LogP contribution in [0.25, 0.3) is 0 Å². The third-order valence-corrected chi connectivity index (χ3v) is 5.87. The second kappa shape index (κ2) is 5.10. The Morgan fingerprint density at radius 1 is 1.25 bits per heavy atom. The first-order valence-corrected chi connectivity index (χ1v) is 8.27. The number of carbonyl (C=O) groups excluding carboxylic acids is 1. The zero-order chi connectivity index (χ0) is 14.2. The molecule has 2 unspecified atom stereocenters. The molecule has 1 N–H and O–H groups in total. The fraction of sp³-hybridized carbons (Fsp3) is 0.833. The minimum Gasteiger partial charge on any atom is -0.356 e. The van der Waals surface area contributed by atoms with Crippen molar-refractivity contribution in [2.24, 2.45) is 22.7 Å². The number of hydrogen-bond donors (Lipinski definition) is 1. The van der Waals surface area contributed by atoms with E-state index in [0.717, 1.165) is 56.9 Å². The zero-order valence-corrected chi connectivity index (χ0v) is 12.7. The van der Waals surface area contributed by atoms with Gasteiger partial charge in [0.25, 0.3) is 0 Å². The minimum atomic E-state index is -0.0229. The molecule has 4 saturated carbocycles. The van der Waals surface area contributed by atoms with E-state index in [2.05, 4.69) is 18.2 Å². The van der Waals surface area contributed by atoms with Gasteiger partial charge in [0.2, 0.25) is 5.91 Å². The highest BCUT2D eigenvalue weighted by Crippen LogP contribution is 2.65. The molecule has 0 saturated heterocycles. The van der Waals surface area contributed by atoms with E-state index in [1.807, 2.05) is 0 Å². The van der Waals surface area contributed by atoms with E-state index in [0.29, 0.717) is 11.3 Å². The molecule has 4 aliphatic carbocycles. The Hall–Kier alpha value is -0.970. The van der Waals surface area contributed by atoms with Crippen LogP contribution in [0, 0.1) is 35.0 Å². The van der Waals surface area contributed by atoms with Gasteiger partial charge in [-0.15, -0.1) is 12.3 Å². The van der Waals surface area contributed by atoms with Gasteiger partial charge >= 0.3 is 0 Å². The van der Waals surface area contributed by atoms with Gasteiger partial charge in [-0.05, 0) is 68.6 Å². The lowest BCUT2D eigenvalue weighted by atomic mass is 9.44. The molecule has 4 aliphatic rings. The molecular weight excluding hydrogens is 246 g/mol. The van der Waals surface area contributed by atoms with Gasteiger partial charge in [-0.3, -0.25) is 4.79 Å². The van der Waals surface area contributed by atoms with Crippen LogP contribution in [0.5, 0.6) is 0 Å². The van der Waals surface area contributed by atoms with Crippen LogP contribution in [-0.4, -0.2) is 12.5 Å². The van der Waals surface area contributed by atoms with Gasteiger partial charge in [-0.25, -0.2) is 0 Å². The van der Waals surface area contributed by atoms with Crippen LogP contribution in [0.3, 0.4) is 0 Å². The number of unbranched alkanes of at least 4 members (excludes halogenated alkanes) is 2. The Labute approximate surface area is 123 Å². The van der Waals surface area contributed by atoms with Crippen molar-refractivity contribution >= 4 is 5.91 Å². The summed E-state index contributed by atoms with van der Waals surface area (Å²) >= 11 is 0.